The first-order valence-corrected chi connectivity index (χ1v) is 8.44. The zero-order chi connectivity index (χ0) is 18.3. The molecule has 0 amide bonds. The second-order valence-electron chi connectivity index (χ2n) is 6.66. The Kier molecular flexibility index (Phi) is 4.33. The van der Waals surface area contributed by atoms with E-state index in [0.29, 0.717) is 6.42 Å². The molecule has 0 fully saturated rings. The van der Waals surface area contributed by atoms with Crippen LogP contribution in [0.15, 0.2) is 18.2 Å². The van der Waals surface area contributed by atoms with Crippen molar-refractivity contribution >= 4 is 17.0 Å². The van der Waals surface area contributed by atoms with Crippen LogP contribution in [0.25, 0.3) is 16.7 Å². The van der Waals surface area contributed by atoms with Crippen LogP contribution in [0.2, 0.25) is 0 Å². The average Bonchev–Trinajstić information content (AvgIpc) is 2.86. The van der Waals surface area contributed by atoms with Gasteiger partial charge in [0, 0.05) is 17.5 Å². The van der Waals surface area contributed by atoms with Crippen molar-refractivity contribution in [3.63, 3.8) is 0 Å². The van der Waals surface area contributed by atoms with Gasteiger partial charge in [-0.05, 0) is 75.4 Å². The zero-order valence-electron chi connectivity index (χ0n) is 15.3. The Morgan fingerprint density at radius 1 is 1.08 bits per heavy atom. The van der Waals surface area contributed by atoms with Crippen molar-refractivity contribution in [1.82, 2.24) is 14.8 Å². The predicted molar refractivity (Wildman–Crippen MR) is 98.5 cm³/mol. The van der Waals surface area contributed by atoms with Gasteiger partial charge in [0.25, 0.3) is 0 Å². The number of benzene rings is 1. The Morgan fingerprint density at radius 3 is 2.44 bits per heavy atom. The third-order valence-corrected chi connectivity index (χ3v) is 4.90. The minimum Gasteiger partial charge on any atom is -0.481 e. The molecule has 1 N–H and O–H groups in total. The van der Waals surface area contributed by atoms with Gasteiger partial charge in [-0.2, -0.15) is 5.10 Å². The van der Waals surface area contributed by atoms with Crippen molar-refractivity contribution in [3.05, 3.63) is 51.8 Å². The van der Waals surface area contributed by atoms with Gasteiger partial charge in [0.2, 0.25) is 0 Å². The van der Waals surface area contributed by atoms with Gasteiger partial charge in [-0.3, -0.25) is 4.79 Å². The molecule has 0 saturated heterocycles. The lowest BCUT2D eigenvalue weighted by atomic mass is 9.99. The second-order valence-corrected chi connectivity index (χ2v) is 6.66. The number of fused-ring (bicyclic) bond motifs is 1. The van der Waals surface area contributed by atoms with Crippen LogP contribution in [-0.4, -0.2) is 25.8 Å². The third-order valence-electron chi connectivity index (χ3n) is 4.90. The van der Waals surface area contributed by atoms with Gasteiger partial charge in [0.1, 0.15) is 0 Å². The van der Waals surface area contributed by atoms with E-state index in [9.17, 15) is 4.79 Å². The summed E-state index contributed by atoms with van der Waals surface area (Å²) in [6.45, 7) is 10.1. The first-order chi connectivity index (χ1) is 11.8. The van der Waals surface area contributed by atoms with Crippen LogP contribution in [0.3, 0.4) is 0 Å². The molecule has 3 rings (SSSR count). The summed E-state index contributed by atoms with van der Waals surface area (Å²) in [5.41, 5.74) is 8.15. The highest BCUT2D eigenvalue weighted by atomic mass is 16.4. The van der Waals surface area contributed by atoms with E-state index in [0.717, 1.165) is 39.2 Å². The number of hydrogen-bond acceptors (Lipinski definition) is 3. The largest absolute Gasteiger partial charge is 0.481 e. The summed E-state index contributed by atoms with van der Waals surface area (Å²) in [6.07, 6.45) is 0.601. The molecule has 130 valence electrons. The molecular weight excluding hydrogens is 314 g/mol. The quantitative estimate of drug-likeness (QED) is 0.782. The Bertz CT molecular complexity index is 987. The number of hydrogen-bond donors (Lipinski definition) is 1. The van der Waals surface area contributed by atoms with Gasteiger partial charge in [0.05, 0.1) is 11.4 Å². The van der Waals surface area contributed by atoms with Gasteiger partial charge in [-0.25, -0.2) is 9.67 Å². The molecule has 0 spiro atoms. The Balaban J connectivity index is 2.20. The van der Waals surface area contributed by atoms with Crippen molar-refractivity contribution < 1.29 is 9.90 Å². The number of carboxylic acid groups (broad SMARTS) is 1. The van der Waals surface area contributed by atoms with Gasteiger partial charge in [-0.15, -0.1) is 0 Å². The van der Waals surface area contributed by atoms with Crippen LogP contribution in [0.1, 0.15) is 40.1 Å². The molecule has 0 bridgehead atoms. The lowest BCUT2D eigenvalue weighted by molar-refractivity contribution is -0.136. The summed E-state index contributed by atoms with van der Waals surface area (Å²) >= 11 is 0. The number of aromatic nitrogens is 3. The molecular formula is C20H23N3O2. The van der Waals surface area contributed by atoms with Gasteiger partial charge in [0.15, 0.2) is 5.65 Å². The number of aliphatic carboxylic acids is 1. The molecule has 0 unspecified atom stereocenters. The molecule has 1 aromatic carbocycles. The van der Waals surface area contributed by atoms with Crippen LogP contribution in [-0.2, 0) is 11.2 Å². The van der Waals surface area contributed by atoms with E-state index in [1.807, 2.05) is 25.5 Å². The highest BCUT2D eigenvalue weighted by Gasteiger charge is 2.18. The van der Waals surface area contributed by atoms with Gasteiger partial charge >= 0.3 is 5.97 Å². The summed E-state index contributed by atoms with van der Waals surface area (Å²) < 4.78 is 1.89. The number of rotatable bonds is 4. The summed E-state index contributed by atoms with van der Waals surface area (Å²) in [4.78, 5) is 15.7. The fourth-order valence-corrected chi connectivity index (χ4v) is 3.34. The van der Waals surface area contributed by atoms with E-state index in [2.05, 4.69) is 32.0 Å². The lowest BCUT2D eigenvalue weighted by Crippen LogP contribution is -2.05. The number of nitrogens with zero attached hydrogens (tertiary/aromatic N) is 3. The standard InChI is InChI=1S/C20H23N3O2/c1-11-6-7-16(10-12(11)2)23-20-19(15(5)22-23)13(3)17(14(4)21-20)8-9-18(24)25/h6-7,10H,8-9H2,1-5H3,(H,24,25). The number of carboxylic acids is 1. The highest BCUT2D eigenvalue weighted by Crippen LogP contribution is 2.28. The maximum Gasteiger partial charge on any atom is 0.303 e. The normalized spacial score (nSPS) is 11.2. The highest BCUT2D eigenvalue weighted by molar-refractivity contribution is 5.85. The summed E-state index contributed by atoms with van der Waals surface area (Å²) in [5, 5.41) is 14.7. The summed E-state index contributed by atoms with van der Waals surface area (Å²) in [7, 11) is 0. The van der Waals surface area contributed by atoms with Gasteiger partial charge < -0.3 is 5.11 Å². The molecule has 0 radical (unpaired) electrons. The summed E-state index contributed by atoms with van der Waals surface area (Å²) in [6, 6.07) is 6.26. The molecule has 25 heavy (non-hydrogen) atoms. The fourth-order valence-electron chi connectivity index (χ4n) is 3.34. The molecule has 0 saturated carbocycles. The van der Waals surface area contributed by atoms with Crippen molar-refractivity contribution in [2.75, 3.05) is 0 Å². The molecule has 3 aromatic rings. The molecule has 2 aromatic heterocycles. The SMILES string of the molecule is Cc1ccc(-n2nc(C)c3c(C)c(CCC(=O)O)c(C)nc32)cc1C. The first kappa shape index (κ1) is 17.1. The third kappa shape index (κ3) is 3.02. The van der Waals surface area contributed by atoms with Crippen LogP contribution in [0, 0.1) is 34.6 Å². The van der Waals surface area contributed by atoms with E-state index < -0.39 is 5.97 Å². The van der Waals surface area contributed by atoms with E-state index in [1.165, 1.54) is 11.1 Å². The van der Waals surface area contributed by atoms with E-state index in [4.69, 9.17) is 15.2 Å². The van der Waals surface area contributed by atoms with Crippen LogP contribution in [0.5, 0.6) is 0 Å². The maximum atomic E-state index is 10.9. The maximum absolute atomic E-state index is 10.9. The van der Waals surface area contributed by atoms with Crippen molar-refractivity contribution in [2.45, 2.75) is 47.5 Å². The Hall–Kier alpha value is -2.69. The predicted octanol–water partition coefficient (Wildman–Crippen LogP) is 3.98. The first-order valence-electron chi connectivity index (χ1n) is 8.44. The minimum atomic E-state index is -0.790. The van der Waals surface area contributed by atoms with E-state index in [1.54, 1.807) is 0 Å². The monoisotopic (exact) mass is 337 g/mol. The second kappa shape index (κ2) is 6.31. The molecule has 2 heterocycles. The minimum absolute atomic E-state index is 0.110. The Morgan fingerprint density at radius 2 is 1.80 bits per heavy atom. The summed E-state index contributed by atoms with van der Waals surface area (Å²) in [5.74, 6) is -0.790. The molecule has 0 aliphatic heterocycles. The van der Waals surface area contributed by atoms with Crippen LogP contribution >= 0.6 is 0 Å². The Labute approximate surface area is 147 Å². The van der Waals surface area contributed by atoms with E-state index in [-0.39, 0.29) is 6.42 Å². The molecule has 5 nitrogen and oxygen atoms in total. The van der Waals surface area contributed by atoms with Crippen LogP contribution < -0.4 is 0 Å². The van der Waals surface area contributed by atoms with Crippen molar-refractivity contribution in [1.29, 1.82) is 0 Å². The fraction of sp³-hybridized carbons (Fsp3) is 0.350. The van der Waals surface area contributed by atoms with Crippen molar-refractivity contribution in [2.24, 2.45) is 0 Å². The smallest absolute Gasteiger partial charge is 0.303 e. The zero-order valence-corrected chi connectivity index (χ0v) is 15.3. The number of carbonyl (C=O) groups is 1. The number of pyridine rings is 1. The lowest BCUT2D eigenvalue weighted by Gasteiger charge is -2.11. The van der Waals surface area contributed by atoms with E-state index >= 15 is 0 Å². The molecule has 5 heteroatoms. The topological polar surface area (TPSA) is 68.0 Å². The molecule has 0 aliphatic carbocycles. The van der Waals surface area contributed by atoms with Crippen LogP contribution in [0.4, 0.5) is 0 Å². The van der Waals surface area contributed by atoms with Gasteiger partial charge in [-0.1, -0.05) is 6.07 Å². The van der Waals surface area contributed by atoms with Crippen molar-refractivity contribution in [3.8, 4) is 5.69 Å². The number of aryl methyl sites for hydroxylation is 5. The molecule has 0 aliphatic rings. The average molecular weight is 337 g/mol. The molecule has 0 atom stereocenters.